The number of fused-ring (bicyclic) bond motifs is 1. The minimum absolute atomic E-state index is 0.110. The molecule has 1 N–H and O–H groups in total. The number of nitrogens with zero attached hydrogens (tertiary/aromatic N) is 1. The second-order valence-corrected chi connectivity index (χ2v) is 3.05. The highest BCUT2D eigenvalue weighted by Gasteiger charge is 2.23. The first-order valence-electron chi connectivity index (χ1n) is 3.97. The van der Waals surface area contributed by atoms with Gasteiger partial charge >= 0.3 is 0 Å². The van der Waals surface area contributed by atoms with Crippen molar-refractivity contribution in [2.75, 3.05) is 0 Å². The summed E-state index contributed by atoms with van der Waals surface area (Å²) in [4.78, 5) is 11.0. The van der Waals surface area contributed by atoms with Gasteiger partial charge in [0.1, 0.15) is 0 Å². The van der Waals surface area contributed by atoms with Crippen LogP contribution in [-0.2, 0) is 4.79 Å². The molecule has 3 nitrogen and oxygen atoms in total. The minimum atomic E-state index is 0.110. The van der Waals surface area contributed by atoms with E-state index in [9.17, 15) is 4.79 Å². The van der Waals surface area contributed by atoms with Gasteiger partial charge in [0.2, 0.25) is 0 Å². The third-order valence-corrected chi connectivity index (χ3v) is 2.15. The molecule has 3 heteroatoms. The van der Waals surface area contributed by atoms with Gasteiger partial charge in [0.25, 0.3) is 0 Å². The first-order chi connectivity index (χ1) is 5.77. The van der Waals surface area contributed by atoms with Crippen LogP contribution < -0.4 is 5.43 Å². The Balaban J connectivity index is 2.23. The lowest BCUT2D eigenvalue weighted by atomic mass is 9.93. The molecule has 0 radical (unpaired) electrons. The van der Waals surface area contributed by atoms with E-state index in [1.807, 2.05) is 24.4 Å². The van der Waals surface area contributed by atoms with Gasteiger partial charge in [-0.1, -0.05) is 12.2 Å². The molecule has 0 saturated carbocycles. The van der Waals surface area contributed by atoms with Gasteiger partial charge in [0, 0.05) is 17.7 Å². The number of allylic oxidation sites excluding steroid dienone is 2. The van der Waals surface area contributed by atoms with Gasteiger partial charge in [-0.2, -0.15) is 5.10 Å². The molecule has 1 aliphatic heterocycles. The Morgan fingerprint density at radius 3 is 3.25 bits per heavy atom. The van der Waals surface area contributed by atoms with E-state index in [0.29, 0.717) is 5.92 Å². The van der Waals surface area contributed by atoms with Crippen molar-refractivity contribution >= 4 is 12.0 Å². The number of hydrogen-bond donors (Lipinski definition) is 1. The summed E-state index contributed by atoms with van der Waals surface area (Å²) in [5, 5.41) is 3.94. The fourth-order valence-corrected chi connectivity index (χ4v) is 1.41. The number of rotatable bonds is 1. The molecule has 0 amide bonds. The first-order valence-corrected chi connectivity index (χ1v) is 3.97. The number of hydrazone groups is 1. The average molecular weight is 162 g/mol. The molecule has 2 unspecified atom stereocenters. The van der Waals surface area contributed by atoms with E-state index in [1.54, 1.807) is 6.92 Å². The van der Waals surface area contributed by atoms with Crippen LogP contribution in [0.2, 0.25) is 0 Å². The summed E-state index contributed by atoms with van der Waals surface area (Å²) < 4.78 is 0. The van der Waals surface area contributed by atoms with Crippen molar-refractivity contribution in [1.82, 2.24) is 5.43 Å². The van der Waals surface area contributed by atoms with Gasteiger partial charge in [0.15, 0.2) is 5.78 Å². The zero-order valence-corrected chi connectivity index (χ0v) is 6.82. The minimum Gasteiger partial charge on any atom is -0.302 e. The van der Waals surface area contributed by atoms with Gasteiger partial charge in [-0.05, 0) is 13.0 Å². The van der Waals surface area contributed by atoms with Crippen molar-refractivity contribution in [2.45, 2.75) is 13.0 Å². The fraction of sp³-hybridized carbons (Fsp3) is 0.333. The van der Waals surface area contributed by atoms with E-state index in [2.05, 4.69) is 10.5 Å². The van der Waals surface area contributed by atoms with Crippen LogP contribution in [0.1, 0.15) is 6.92 Å². The molecule has 62 valence electrons. The molecule has 0 fully saturated rings. The molecular weight excluding hydrogens is 152 g/mol. The predicted octanol–water partition coefficient (Wildman–Crippen LogP) is 0.645. The number of carbonyl (C=O) groups excluding carboxylic acids is 1. The summed E-state index contributed by atoms with van der Waals surface area (Å²) in [6, 6.07) is 0.189. The summed E-state index contributed by atoms with van der Waals surface area (Å²) in [5.41, 5.74) is 3.71. The van der Waals surface area contributed by atoms with Crippen LogP contribution in [-0.4, -0.2) is 18.0 Å². The Morgan fingerprint density at radius 2 is 2.50 bits per heavy atom. The number of ketones is 1. The van der Waals surface area contributed by atoms with Crippen molar-refractivity contribution in [3.8, 4) is 0 Å². The highest BCUT2D eigenvalue weighted by molar-refractivity contribution is 5.96. The van der Waals surface area contributed by atoms with Crippen LogP contribution in [0.4, 0.5) is 0 Å². The van der Waals surface area contributed by atoms with Crippen LogP contribution in [0.15, 0.2) is 28.9 Å². The predicted molar refractivity (Wildman–Crippen MR) is 46.8 cm³/mol. The standard InChI is InChI=1S/C9H10N2O/c1-6(12)7-2-3-8-5-10-11-9(8)4-7/h2-5,8-9,11H,1H3. The maximum Gasteiger partial charge on any atom is 0.159 e. The number of nitrogens with one attached hydrogen (secondary N) is 1. The van der Waals surface area contributed by atoms with Gasteiger partial charge in [-0.25, -0.2) is 0 Å². The molecule has 0 aromatic heterocycles. The van der Waals surface area contributed by atoms with Gasteiger partial charge in [-0.3, -0.25) is 4.79 Å². The van der Waals surface area contributed by atoms with E-state index in [0.717, 1.165) is 5.57 Å². The van der Waals surface area contributed by atoms with Crippen LogP contribution in [0.3, 0.4) is 0 Å². The molecule has 0 spiro atoms. The quantitative estimate of drug-likeness (QED) is 0.615. The van der Waals surface area contributed by atoms with Crippen molar-refractivity contribution in [3.05, 3.63) is 23.8 Å². The SMILES string of the molecule is CC(=O)C1=CC2NN=CC2C=C1. The van der Waals surface area contributed by atoms with E-state index in [-0.39, 0.29) is 11.8 Å². The molecule has 0 aromatic rings. The zero-order valence-electron chi connectivity index (χ0n) is 6.82. The number of carbonyl (C=O) groups is 1. The number of Topliss-reactive ketones (excluding diaryl/α,β-unsaturated/α-hetero) is 1. The second kappa shape index (κ2) is 2.59. The van der Waals surface area contributed by atoms with Gasteiger partial charge < -0.3 is 5.43 Å². The Bertz CT molecular complexity index is 302. The first kappa shape index (κ1) is 7.28. The van der Waals surface area contributed by atoms with Gasteiger partial charge in [-0.15, -0.1) is 0 Å². The topological polar surface area (TPSA) is 41.5 Å². The monoisotopic (exact) mass is 162 g/mol. The molecule has 0 saturated heterocycles. The van der Waals surface area contributed by atoms with Gasteiger partial charge in [0.05, 0.1) is 6.04 Å². The second-order valence-electron chi connectivity index (χ2n) is 3.05. The van der Waals surface area contributed by atoms with Crippen molar-refractivity contribution < 1.29 is 4.79 Å². The third-order valence-electron chi connectivity index (χ3n) is 2.15. The normalized spacial score (nSPS) is 30.9. The molecule has 0 bridgehead atoms. The summed E-state index contributed by atoms with van der Waals surface area (Å²) in [7, 11) is 0. The summed E-state index contributed by atoms with van der Waals surface area (Å²) >= 11 is 0. The Kier molecular flexibility index (Phi) is 1.57. The Morgan fingerprint density at radius 1 is 1.67 bits per heavy atom. The fourth-order valence-electron chi connectivity index (χ4n) is 1.41. The highest BCUT2D eigenvalue weighted by atomic mass is 16.1. The van der Waals surface area contributed by atoms with Crippen molar-refractivity contribution in [2.24, 2.45) is 11.0 Å². The van der Waals surface area contributed by atoms with Crippen LogP contribution in [0.25, 0.3) is 0 Å². The molecule has 2 aliphatic rings. The maximum absolute atomic E-state index is 11.0. The Hall–Kier alpha value is -1.38. The zero-order chi connectivity index (χ0) is 8.55. The lowest BCUT2D eigenvalue weighted by Gasteiger charge is -2.15. The summed E-state index contributed by atoms with van der Waals surface area (Å²) in [6.45, 7) is 1.58. The Labute approximate surface area is 70.8 Å². The average Bonchev–Trinajstić information content (AvgIpc) is 2.49. The lowest BCUT2D eigenvalue weighted by Crippen LogP contribution is -2.26. The largest absolute Gasteiger partial charge is 0.302 e. The third kappa shape index (κ3) is 1.07. The highest BCUT2D eigenvalue weighted by Crippen LogP contribution is 2.18. The van der Waals surface area contributed by atoms with E-state index in [4.69, 9.17) is 0 Å². The molecule has 12 heavy (non-hydrogen) atoms. The van der Waals surface area contributed by atoms with E-state index < -0.39 is 0 Å². The van der Waals surface area contributed by atoms with E-state index in [1.165, 1.54) is 0 Å². The van der Waals surface area contributed by atoms with Crippen molar-refractivity contribution in [1.29, 1.82) is 0 Å². The summed E-state index contributed by atoms with van der Waals surface area (Å²) in [5.74, 6) is 0.437. The summed E-state index contributed by atoms with van der Waals surface area (Å²) in [6.07, 6.45) is 7.65. The van der Waals surface area contributed by atoms with Crippen LogP contribution in [0.5, 0.6) is 0 Å². The van der Waals surface area contributed by atoms with Crippen LogP contribution in [0, 0.1) is 5.92 Å². The maximum atomic E-state index is 11.0. The lowest BCUT2D eigenvalue weighted by molar-refractivity contribution is -0.113. The van der Waals surface area contributed by atoms with E-state index >= 15 is 0 Å². The molecule has 2 rings (SSSR count). The molecule has 0 aromatic carbocycles. The van der Waals surface area contributed by atoms with Crippen molar-refractivity contribution in [3.63, 3.8) is 0 Å². The molecular formula is C9H10N2O. The molecule has 1 heterocycles. The van der Waals surface area contributed by atoms with Crippen LogP contribution >= 0.6 is 0 Å². The molecule has 2 atom stereocenters. The molecule has 1 aliphatic carbocycles. The number of hydrogen-bond acceptors (Lipinski definition) is 3. The smallest absolute Gasteiger partial charge is 0.159 e.